The van der Waals surface area contributed by atoms with Gasteiger partial charge in [-0.2, -0.15) is 0 Å². The molecule has 2 amide bonds. The highest BCUT2D eigenvalue weighted by molar-refractivity contribution is 5.79. The Balaban J connectivity index is 2.18. The number of carbonyl (C=O) groups excluding carboxylic acids is 1. The molecular weight excluding hydrogens is 196 g/mol. The van der Waals surface area contributed by atoms with Crippen molar-refractivity contribution in [2.75, 3.05) is 13.1 Å². The van der Waals surface area contributed by atoms with Crippen LogP contribution in [0.15, 0.2) is 0 Å². The van der Waals surface area contributed by atoms with Gasteiger partial charge in [0.05, 0.1) is 0 Å². The lowest BCUT2D eigenvalue weighted by Crippen LogP contribution is -2.42. The van der Waals surface area contributed by atoms with E-state index in [0.29, 0.717) is 6.54 Å². The van der Waals surface area contributed by atoms with Gasteiger partial charge < -0.3 is 15.7 Å². The van der Waals surface area contributed by atoms with Crippen molar-refractivity contribution in [3.05, 3.63) is 0 Å². The third-order valence-corrected chi connectivity index (χ3v) is 2.89. The molecule has 0 unspecified atom stereocenters. The first-order valence-electron chi connectivity index (χ1n) is 5.25. The predicted molar refractivity (Wildman–Crippen MR) is 55.6 cm³/mol. The van der Waals surface area contributed by atoms with Crippen molar-refractivity contribution >= 4 is 12.0 Å². The summed E-state index contributed by atoms with van der Waals surface area (Å²) in [5.74, 6) is -1.03. The maximum atomic E-state index is 11.2. The normalized spacial score (nSPS) is 18.5. The Morgan fingerprint density at radius 1 is 1.27 bits per heavy atom. The zero-order chi connectivity index (χ0) is 11.3. The lowest BCUT2D eigenvalue weighted by Gasteiger charge is -2.23. The Morgan fingerprint density at radius 3 is 2.40 bits per heavy atom. The minimum atomic E-state index is -1.03. The second-order valence-electron chi connectivity index (χ2n) is 4.45. The molecule has 0 aromatic heterocycles. The number of hydrogen-bond donors (Lipinski definition) is 3. The van der Waals surface area contributed by atoms with Crippen molar-refractivity contribution in [1.29, 1.82) is 0 Å². The summed E-state index contributed by atoms with van der Waals surface area (Å²) in [6.07, 6.45) is 4.70. The van der Waals surface area contributed by atoms with Gasteiger partial charge >= 0.3 is 12.0 Å². The van der Waals surface area contributed by atoms with Gasteiger partial charge in [0.2, 0.25) is 0 Å². The number of rotatable bonds is 4. The molecule has 1 aliphatic rings. The van der Waals surface area contributed by atoms with E-state index < -0.39 is 12.0 Å². The Bertz CT molecular complexity index is 247. The largest absolute Gasteiger partial charge is 0.480 e. The molecule has 15 heavy (non-hydrogen) atoms. The molecule has 0 aromatic rings. The third kappa shape index (κ3) is 4.18. The second-order valence-corrected chi connectivity index (χ2v) is 4.45. The van der Waals surface area contributed by atoms with E-state index in [-0.39, 0.29) is 12.0 Å². The van der Waals surface area contributed by atoms with Crippen molar-refractivity contribution in [2.24, 2.45) is 5.41 Å². The summed E-state index contributed by atoms with van der Waals surface area (Å²) >= 11 is 0. The summed E-state index contributed by atoms with van der Waals surface area (Å²) in [6, 6.07) is -0.398. The van der Waals surface area contributed by atoms with Crippen molar-refractivity contribution in [1.82, 2.24) is 10.6 Å². The molecule has 0 saturated heterocycles. The molecule has 0 spiro atoms. The van der Waals surface area contributed by atoms with E-state index in [0.717, 1.165) is 12.8 Å². The molecular formula is C10H18N2O3. The average molecular weight is 214 g/mol. The topological polar surface area (TPSA) is 78.4 Å². The number of carboxylic acids is 1. The summed E-state index contributed by atoms with van der Waals surface area (Å²) in [7, 11) is 0. The van der Waals surface area contributed by atoms with Crippen LogP contribution in [-0.4, -0.2) is 30.2 Å². The number of amides is 2. The van der Waals surface area contributed by atoms with E-state index in [1.165, 1.54) is 12.8 Å². The van der Waals surface area contributed by atoms with Gasteiger partial charge in [-0.25, -0.2) is 4.79 Å². The highest BCUT2D eigenvalue weighted by Gasteiger charge is 2.28. The van der Waals surface area contributed by atoms with Gasteiger partial charge in [-0.1, -0.05) is 19.8 Å². The van der Waals surface area contributed by atoms with Gasteiger partial charge in [0.15, 0.2) is 0 Å². The zero-order valence-corrected chi connectivity index (χ0v) is 9.01. The first-order chi connectivity index (χ1) is 7.02. The van der Waals surface area contributed by atoms with E-state index in [1.807, 2.05) is 0 Å². The first kappa shape index (κ1) is 11.8. The summed E-state index contributed by atoms with van der Waals surface area (Å²) in [5, 5.41) is 13.3. The summed E-state index contributed by atoms with van der Waals surface area (Å²) in [4.78, 5) is 21.3. The molecule has 0 radical (unpaired) electrons. The van der Waals surface area contributed by atoms with Crippen LogP contribution in [0.1, 0.15) is 32.6 Å². The molecule has 86 valence electrons. The fourth-order valence-electron chi connectivity index (χ4n) is 1.92. The molecule has 5 nitrogen and oxygen atoms in total. The van der Waals surface area contributed by atoms with Crippen LogP contribution in [-0.2, 0) is 4.79 Å². The van der Waals surface area contributed by atoms with E-state index in [1.54, 1.807) is 0 Å². The Kier molecular flexibility index (Phi) is 3.94. The van der Waals surface area contributed by atoms with Crippen LogP contribution in [0.3, 0.4) is 0 Å². The fraction of sp³-hybridized carbons (Fsp3) is 0.800. The highest BCUT2D eigenvalue weighted by atomic mass is 16.4. The van der Waals surface area contributed by atoms with Crippen LogP contribution in [0, 0.1) is 5.41 Å². The summed E-state index contributed by atoms with van der Waals surface area (Å²) in [6.45, 7) is 2.44. The molecule has 1 fully saturated rings. The van der Waals surface area contributed by atoms with Crippen LogP contribution in [0.25, 0.3) is 0 Å². The van der Waals surface area contributed by atoms with Crippen molar-refractivity contribution in [2.45, 2.75) is 32.6 Å². The fourth-order valence-corrected chi connectivity index (χ4v) is 1.92. The smallest absolute Gasteiger partial charge is 0.323 e. The van der Waals surface area contributed by atoms with Gasteiger partial charge in [-0.15, -0.1) is 0 Å². The van der Waals surface area contributed by atoms with E-state index in [4.69, 9.17) is 5.11 Å². The lowest BCUT2D eigenvalue weighted by molar-refractivity contribution is -0.135. The van der Waals surface area contributed by atoms with Gasteiger partial charge in [-0.3, -0.25) is 4.79 Å². The monoisotopic (exact) mass is 214 g/mol. The van der Waals surface area contributed by atoms with E-state index >= 15 is 0 Å². The number of hydrogen-bond acceptors (Lipinski definition) is 2. The number of nitrogens with one attached hydrogen (secondary N) is 2. The third-order valence-electron chi connectivity index (χ3n) is 2.89. The number of aliphatic carboxylic acids is 1. The van der Waals surface area contributed by atoms with Crippen LogP contribution in [0.2, 0.25) is 0 Å². The number of carbonyl (C=O) groups is 2. The molecule has 0 aromatic carbocycles. The molecule has 0 atom stereocenters. The molecule has 1 rings (SSSR count). The maximum Gasteiger partial charge on any atom is 0.323 e. The summed E-state index contributed by atoms with van der Waals surface area (Å²) < 4.78 is 0. The number of carboxylic acid groups (broad SMARTS) is 1. The maximum absolute atomic E-state index is 11.2. The van der Waals surface area contributed by atoms with Gasteiger partial charge in [-0.05, 0) is 18.3 Å². The van der Waals surface area contributed by atoms with Gasteiger partial charge in [0, 0.05) is 6.54 Å². The molecule has 3 N–H and O–H groups in total. The minimum absolute atomic E-state index is 0.195. The van der Waals surface area contributed by atoms with Crippen molar-refractivity contribution < 1.29 is 14.7 Å². The lowest BCUT2D eigenvalue weighted by atomic mass is 9.89. The Labute approximate surface area is 89.2 Å². The second kappa shape index (κ2) is 5.00. The SMILES string of the molecule is CC1(CNC(=O)NCC(=O)O)CCCC1. The quantitative estimate of drug-likeness (QED) is 0.652. The van der Waals surface area contributed by atoms with E-state index in [9.17, 15) is 9.59 Å². The van der Waals surface area contributed by atoms with Crippen LogP contribution < -0.4 is 10.6 Å². The van der Waals surface area contributed by atoms with Gasteiger partial charge in [0.25, 0.3) is 0 Å². The average Bonchev–Trinajstić information content (AvgIpc) is 2.60. The van der Waals surface area contributed by atoms with Crippen LogP contribution >= 0.6 is 0 Å². The molecule has 0 aliphatic heterocycles. The molecule has 0 heterocycles. The number of urea groups is 1. The van der Waals surface area contributed by atoms with Crippen LogP contribution in [0.4, 0.5) is 4.79 Å². The van der Waals surface area contributed by atoms with E-state index in [2.05, 4.69) is 17.6 Å². The molecule has 1 aliphatic carbocycles. The molecule has 5 heteroatoms. The zero-order valence-electron chi connectivity index (χ0n) is 9.01. The van der Waals surface area contributed by atoms with Crippen molar-refractivity contribution in [3.8, 4) is 0 Å². The summed E-state index contributed by atoms with van der Waals surface area (Å²) in [5.41, 5.74) is 0.195. The predicted octanol–water partition coefficient (Wildman–Crippen LogP) is 0.950. The Morgan fingerprint density at radius 2 is 1.87 bits per heavy atom. The highest BCUT2D eigenvalue weighted by Crippen LogP contribution is 2.36. The first-order valence-corrected chi connectivity index (χ1v) is 5.25. The van der Waals surface area contributed by atoms with Gasteiger partial charge in [0.1, 0.15) is 6.54 Å². The standard InChI is InChI=1S/C10H18N2O3/c1-10(4-2-3-5-10)7-12-9(15)11-6-8(13)14/h2-7H2,1H3,(H,13,14)(H2,11,12,15). The van der Waals surface area contributed by atoms with Crippen LogP contribution in [0.5, 0.6) is 0 Å². The Hall–Kier alpha value is -1.26. The van der Waals surface area contributed by atoms with Crippen molar-refractivity contribution in [3.63, 3.8) is 0 Å². The molecule has 0 bridgehead atoms. The molecule has 1 saturated carbocycles. The minimum Gasteiger partial charge on any atom is -0.480 e.